The standard InChI is InChI=1S/C18H29N5O/c1-12(11-23-14(3)9-13(2)20-23)10-19-18(24)8-7-17-15(4)21-22(6)16(17)5/h9,12H,7-8,10-11H2,1-6H3,(H,19,24)/t12-/m1/s1. The lowest BCUT2D eigenvalue weighted by Crippen LogP contribution is -2.30. The Morgan fingerprint density at radius 3 is 2.50 bits per heavy atom. The van der Waals surface area contributed by atoms with Crippen molar-refractivity contribution in [1.29, 1.82) is 0 Å². The second kappa shape index (κ2) is 7.64. The van der Waals surface area contributed by atoms with E-state index < -0.39 is 0 Å². The van der Waals surface area contributed by atoms with Gasteiger partial charge in [0.2, 0.25) is 5.91 Å². The van der Waals surface area contributed by atoms with Crippen LogP contribution < -0.4 is 5.32 Å². The van der Waals surface area contributed by atoms with Crippen LogP contribution in [0.4, 0.5) is 0 Å². The van der Waals surface area contributed by atoms with Crippen LogP contribution in [0.1, 0.15) is 41.7 Å². The van der Waals surface area contributed by atoms with Gasteiger partial charge in [0.05, 0.1) is 11.4 Å². The quantitative estimate of drug-likeness (QED) is 0.846. The van der Waals surface area contributed by atoms with Crippen LogP contribution in [-0.4, -0.2) is 32.0 Å². The number of carbonyl (C=O) groups excluding carboxylic acids is 1. The Balaban J connectivity index is 1.77. The van der Waals surface area contributed by atoms with Crippen molar-refractivity contribution in [3.05, 3.63) is 34.4 Å². The molecule has 0 unspecified atom stereocenters. The van der Waals surface area contributed by atoms with Gasteiger partial charge >= 0.3 is 0 Å². The smallest absolute Gasteiger partial charge is 0.220 e. The highest BCUT2D eigenvalue weighted by molar-refractivity contribution is 5.76. The third kappa shape index (κ3) is 4.46. The number of hydrogen-bond acceptors (Lipinski definition) is 3. The molecule has 24 heavy (non-hydrogen) atoms. The molecule has 2 rings (SSSR count). The van der Waals surface area contributed by atoms with Crippen molar-refractivity contribution in [3.8, 4) is 0 Å². The summed E-state index contributed by atoms with van der Waals surface area (Å²) in [5.74, 6) is 0.437. The molecule has 0 bridgehead atoms. The number of carbonyl (C=O) groups is 1. The van der Waals surface area contributed by atoms with E-state index in [9.17, 15) is 4.79 Å². The summed E-state index contributed by atoms with van der Waals surface area (Å²) in [6.07, 6.45) is 1.24. The first kappa shape index (κ1) is 18.2. The van der Waals surface area contributed by atoms with Crippen LogP contribution in [0.5, 0.6) is 0 Å². The van der Waals surface area contributed by atoms with Gasteiger partial charge in [-0.25, -0.2) is 0 Å². The molecule has 0 fully saturated rings. The number of aryl methyl sites for hydroxylation is 4. The van der Waals surface area contributed by atoms with E-state index in [1.165, 1.54) is 5.56 Å². The maximum absolute atomic E-state index is 12.1. The van der Waals surface area contributed by atoms with Gasteiger partial charge in [-0.05, 0) is 51.7 Å². The highest BCUT2D eigenvalue weighted by Crippen LogP contribution is 2.14. The largest absolute Gasteiger partial charge is 0.356 e. The minimum atomic E-state index is 0.0953. The average molecular weight is 331 g/mol. The normalized spacial score (nSPS) is 12.4. The van der Waals surface area contributed by atoms with E-state index in [1.54, 1.807) is 0 Å². The maximum atomic E-state index is 12.1. The maximum Gasteiger partial charge on any atom is 0.220 e. The van der Waals surface area contributed by atoms with E-state index >= 15 is 0 Å². The zero-order chi connectivity index (χ0) is 17.9. The first-order valence-electron chi connectivity index (χ1n) is 8.54. The number of hydrogen-bond donors (Lipinski definition) is 1. The van der Waals surface area contributed by atoms with Gasteiger partial charge in [0, 0.05) is 37.9 Å². The predicted molar refractivity (Wildman–Crippen MR) is 94.9 cm³/mol. The van der Waals surface area contributed by atoms with Crippen molar-refractivity contribution < 1.29 is 4.79 Å². The first-order valence-corrected chi connectivity index (χ1v) is 8.54. The summed E-state index contributed by atoms with van der Waals surface area (Å²) < 4.78 is 3.88. The summed E-state index contributed by atoms with van der Waals surface area (Å²) in [5, 5.41) is 11.9. The topological polar surface area (TPSA) is 64.7 Å². The number of amides is 1. The minimum Gasteiger partial charge on any atom is -0.356 e. The molecule has 0 aliphatic heterocycles. The SMILES string of the molecule is Cc1cc(C)n(C[C@H](C)CNC(=O)CCc2c(C)nn(C)c2C)n1. The molecule has 0 aliphatic rings. The fourth-order valence-corrected chi connectivity index (χ4v) is 3.01. The lowest BCUT2D eigenvalue weighted by Gasteiger charge is -2.14. The molecule has 2 heterocycles. The molecular weight excluding hydrogens is 302 g/mol. The van der Waals surface area contributed by atoms with Crippen LogP contribution in [0.25, 0.3) is 0 Å². The van der Waals surface area contributed by atoms with Crippen molar-refractivity contribution in [1.82, 2.24) is 24.9 Å². The van der Waals surface area contributed by atoms with E-state index in [-0.39, 0.29) is 5.91 Å². The Labute approximate surface area is 144 Å². The molecular formula is C18H29N5O. The van der Waals surface area contributed by atoms with Crippen molar-refractivity contribution in [2.24, 2.45) is 13.0 Å². The van der Waals surface area contributed by atoms with Gasteiger partial charge in [0.25, 0.3) is 0 Å². The van der Waals surface area contributed by atoms with Crippen molar-refractivity contribution in [3.63, 3.8) is 0 Å². The van der Waals surface area contributed by atoms with Crippen molar-refractivity contribution in [2.75, 3.05) is 6.54 Å². The number of nitrogens with one attached hydrogen (secondary N) is 1. The Kier molecular flexibility index (Phi) is 5.80. The van der Waals surface area contributed by atoms with E-state index in [1.807, 2.05) is 37.2 Å². The molecule has 0 spiro atoms. The second-order valence-corrected chi connectivity index (χ2v) is 6.79. The average Bonchev–Trinajstić information content (AvgIpc) is 2.94. The molecule has 0 radical (unpaired) electrons. The lowest BCUT2D eigenvalue weighted by atomic mass is 10.1. The highest BCUT2D eigenvalue weighted by atomic mass is 16.1. The van der Waals surface area contributed by atoms with Crippen LogP contribution in [0, 0.1) is 33.6 Å². The molecule has 0 saturated heterocycles. The molecule has 0 saturated carbocycles. The number of rotatable bonds is 7. The van der Waals surface area contributed by atoms with Crippen LogP contribution in [-0.2, 0) is 24.8 Å². The molecule has 1 amide bonds. The van der Waals surface area contributed by atoms with Gasteiger partial charge in [-0.3, -0.25) is 14.2 Å². The number of aromatic nitrogens is 4. The summed E-state index contributed by atoms with van der Waals surface area (Å²) in [7, 11) is 1.94. The molecule has 132 valence electrons. The zero-order valence-electron chi connectivity index (χ0n) is 15.7. The molecule has 0 aromatic carbocycles. The monoisotopic (exact) mass is 331 g/mol. The van der Waals surface area contributed by atoms with Gasteiger partial charge in [-0.1, -0.05) is 6.92 Å². The fourth-order valence-electron chi connectivity index (χ4n) is 3.01. The summed E-state index contributed by atoms with van der Waals surface area (Å²) in [4.78, 5) is 12.1. The van der Waals surface area contributed by atoms with Crippen LogP contribution in [0.15, 0.2) is 6.07 Å². The summed E-state index contributed by atoms with van der Waals surface area (Å²) in [6, 6.07) is 2.07. The van der Waals surface area contributed by atoms with E-state index in [0.29, 0.717) is 18.9 Å². The van der Waals surface area contributed by atoms with Gasteiger partial charge < -0.3 is 5.32 Å². The summed E-state index contributed by atoms with van der Waals surface area (Å²) >= 11 is 0. The molecule has 1 atom stereocenters. The molecule has 6 nitrogen and oxygen atoms in total. The Morgan fingerprint density at radius 1 is 1.25 bits per heavy atom. The molecule has 6 heteroatoms. The third-order valence-corrected chi connectivity index (χ3v) is 4.50. The van der Waals surface area contributed by atoms with Crippen LogP contribution >= 0.6 is 0 Å². The lowest BCUT2D eigenvalue weighted by molar-refractivity contribution is -0.121. The van der Waals surface area contributed by atoms with Gasteiger partial charge in [0.15, 0.2) is 0 Å². The Morgan fingerprint density at radius 2 is 1.96 bits per heavy atom. The van der Waals surface area contributed by atoms with Crippen molar-refractivity contribution in [2.45, 2.75) is 54.0 Å². The van der Waals surface area contributed by atoms with Gasteiger partial charge in [-0.2, -0.15) is 10.2 Å². The highest BCUT2D eigenvalue weighted by Gasteiger charge is 2.12. The number of nitrogens with zero attached hydrogens (tertiary/aromatic N) is 4. The fraction of sp³-hybridized carbons (Fsp3) is 0.611. The van der Waals surface area contributed by atoms with E-state index in [4.69, 9.17) is 0 Å². The second-order valence-electron chi connectivity index (χ2n) is 6.79. The molecule has 2 aromatic heterocycles. The van der Waals surface area contributed by atoms with Crippen LogP contribution in [0.2, 0.25) is 0 Å². The zero-order valence-corrected chi connectivity index (χ0v) is 15.7. The molecule has 0 aliphatic carbocycles. The van der Waals surface area contributed by atoms with Crippen molar-refractivity contribution >= 4 is 5.91 Å². The van der Waals surface area contributed by atoms with E-state index in [0.717, 1.165) is 35.7 Å². The van der Waals surface area contributed by atoms with Gasteiger partial charge in [-0.15, -0.1) is 0 Å². The van der Waals surface area contributed by atoms with Gasteiger partial charge in [0.1, 0.15) is 0 Å². The Bertz CT molecular complexity index is 713. The molecule has 2 aromatic rings. The minimum absolute atomic E-state index is 0.0953. The predicted octanol–water partition coefficient (Wildman–Crippen LogP) is 2.24. The summed E-state index contributed by atoms with van der Waals surface area (Å²) in [5.41, 5.74) is 5.53. The summed E-state index contributed by atoms with van der Waals surface area (Å²) in [6.45, 7) is 11.7. The Hall–Kier alpha value is -2.11. The third-order valence-electron chi connectivity index (χ3n) is 4.50. The van der Waals surface area contributed by atoms with E-state index in [2.05, 4.69) is 35.4 Å². The molecule has 1 N–H and O–H groups in total. The van der Waals surface area contributed by atoms with Crippen LogP contribution in [0.3, 0.4) is 0 Å². The first-order chi connectivity index (χ1) is 11.3.